The van der Waals surface area contributed by atoms with Gasteiger partial charge in [-0.15, -0.1) is 0 Å². The Kier molecular flexibility index (Phi) is 5.30. The Balaban J connectivity index is 1.88. The molecule has 2 aliphatic heterocycles. The van der Waals surface area contributed by atoms with Gasteiger partial charge in [-0.05, 0) is 18.6 Å². The molecule has 0 spiro atoms. The number of rotatable bonds is 7. The number of benzene rings is 1. The summed E-state index contributed by atoms with van der Waals surface area (Å²) >= 11 is 1.47. The highest BCUT2D eigenvalue weighted by Gasteiger charge is 2.57. The lowest BCUT2D eigenvalue weighted by molar-refractivity contribution is -0.162. The van der Waals surface area contributed by atoms with E-state index in [4.69, 9.17) is 4.74 Å². The van der Waals surface area contributed by atoms with Crippen LogP contribution in [0.25, 0.3) is 0 Å². The quantitative estimate of drug-likeness (QED) is 0.461. The first kappa shape index (κ1) is 17.8. The average molecular weight is 359 g/mol. The van der Waals surface area contributed by atoms with E-state index in [2.05, 4.69) is 6.58 Å². The van der Waals surface area contributed by atoms with Crippen LogP contribution < -0.4 is 0 Å². The highest BCUT2D eigenvalue weighted by molar-refractivity contribution is 8.03. The zero-order valence-corrected chi connectivity index (χ0v) is 14.9. The van der Waals surface area contributed by atoms with Crippen LogP contribution in [0.4, 0.5) is 0 Å². The van der Waals surface area contributed by atoms with Gasteiger partial charge in [0, 0.05) is 16.2 Å². The van der Waals surface area contributed by atoms with Crippen LogP contribution in [0.2, 0.25) is 0 Å². The third-order valence-corrected chi connectivity index (χ3v) is 5.63. The minimum absolute atomic E-state index is 0.0966. The van der Waals surface area contributed by atoms with E-state index >= 15 is 0 Å². The molecule has 0 aromatic heterocycles. The molecule has 1 N–H and O–H groups in total. The number of hydrogen-bond donors (Lipinski definition) is 1. The Morgan fingerprint density at radius 3 is 2.84 bits per heavy atom. The van der Waals surface area contributed by atoms with E-state index in [9.17, 15) is 14.7 Å². The molecule has 1 amide bonds. The summed E-state index contributed by atoms with van der Waals surface area (Å²) in [5.41, 5.74) is 0.310. The third-order valence-electron chi connectivity index (χ3n) is 4.51. The van der Waals surface area contributed by atoms with Gasteiger partial charge in [0.05, 0.1) is 18.1 Å². The lowest BCUT2D eigenvalue weighted by atomic mass is 9.82. The highest BCUT2D eigenvalue weighted by Crippen LogP contribution is 2.49. The number of hydrogen-bond acceptors (Lipinski definition) is 5. The first-order valence-corrected chi connectivity index (χ1v) is 9.15. The number of fused-ring (bicyclic) bond motifs is 1. The smallest absolute Gasteiger partial charge is 0.356 e. The van der Waals surface area contributed by atoms with E-state index in [0.29, 0.717) is 18.5 Å². The minimum Gasteiger partial charge on any atom is -0.457 e. The molecule has 3 atom stereocenters. The van der Waals surface area contributed by atoms with Crippen molar-refractivity contribution in [2.45, 2.75) is 36.8 Å². The van der Waals surface area contributed by atoms with Crippen LogP contribution in [0.1, 0.15) is 19.8 Å². The largest absolute Gasteiger partial charge is 0.457 e. The maximum Gasteiger partial charge on any atom is 0.356 e. The van der Waals surface area contributed by atoms with E-state index in [1.54, 1.807) is 0 Å². The second-order valence-corrected chi connectivity index (χ2v) is 7.22. The van der Waals surface area contributed by atoms with Gasteiger partial charge in [-0.1, -0.05) is 49.5 Å². The number of aliphatic hydroxyl groups excluding tert-OH is 1. The van der Waals surface area contributed by atoms with Crippen molar-refractivity contribution in [3.63, 3.8) is 0 Å². The number of aliphatic hydroxyl groups is 1. The Morgan fingerprint density at radius 2 is 2.20 bits per heavy atom. The molecule has 2 aliphatic rings. The minimum atomic E-state index is -0.680. The summed E-state index contributed by atoms with van der Waals surface area (Å²) in [5.74, 6) is -1.16. The summed E-state index contributed by atoms with van der Waals surface area (Å²) in [6.07, 6.45) is 1.89. The molecule has 2 heterocycles. The number of thioether (sulfide) groups is 1. The molecular weight excluding hydrogens is 338 g/mol. The average Bonchev–Trinajstić information content (AvgIpc) is 2.94. The Bertz CT molecular complexity index is 715. The van der Waals surface area contributed by atoms with E-state index < -0.39 is 18.0 Å². The molecule has 1 aromatic rings. The van der Waals surface area contributed by atoms with E-state index in [1.165, 1.54) is 22.7 Å². The standard InChI is InChI=1S/C19H21NO4S/c1-3-10-24-19(23)17-15(25-12-8-6-5-7-9-12)11-13-16(14(21)4-2)18(22)20(13)17/h3,5-9,13-14,16,21H,1,4,10-11H2,2H3/t13-,14+,16-/m1/s1. The molecular formula is C19H21NO4S. The molecule has 0 bridgehead atoms. The molecule has 25 heavy (non-hydrogen) atoms. The van der Waals surface area contributed by atoms with Gasteiger partial charge >= 0.3 is 5.97 Å². The number of ether oxygens (including phenoxy) is 1. The molecule has 1 aromatic carbocycles. The molecule has 3 rings (SSSR count). The number of esters is 1. The molecule has 1 fully saturated rings. The summed E-state index contributed by atoms with van der Waals surface area (Å²) < 4.78 is 5.18. The van der Waals surface area contributed by atoms with Gasteiger partial charge in [0.15, 0.2) is 0 Å². The Labute approximate surface area is 151 Å². The van der Waals surface area contributed by atoms with Crippen molar-refractivity contribution in [3.05, 3.63) is 53.6 Å². The van der Waals surface area contributed by atoms with E-state index in [1.807, 2.05) is 37.3 Å². The predicted molar refractivity (Wildman–Crippen MR) is 95.5 cm³/mol. The van der Waals surface area contributed by atoms with Crippen molar-refractivity contribution in [1.29, 1.82) is 0 Å². The molecule has 0 aliphatic carbocycles. The second-order valence-electron chi connectivity index (χ2n) is 6.06. The summed E-state index contributed by atoms with van der Waals surface area (Å²) in [6.45, 7) is 5.49. The molecule has 1 saturated heterocycles. The van der Waals surface area contributed by atoms with Crippen LogP contribution in [0.15, 0.2) is 58.5 Å². The number of β-lactam (4-membered cyclic amide) rings is 1. The lowest BCUT2D eigenvalue weighted by Crippen LogP contribution is -2.62. The fourth-order valence-corrected chi connectivity index (χ4v) is 4.40. The second kappa shape index (κ2) is 7.45. The fraction of sp³-hybridized carbons (Fsp3) is 0.368. The number of nitrogens with zero attached hydrogens (tertiary/aromatic N) is 1. The zero-order chi connectivity index (χ0) is 18.0. The van der Waals surface area contributed by atoms with E-state index in [-0.39, 0.29) is 18.6 Å². The van der Waals surface area contributed by atoms with Gasteiger partial charge in [0.25, 0.3) is 0 Å². The van der Waals surface area contributed by atoms with Crippen LogP contribution in [-0.2, 0) is 14.3 Å². The van der Waals surface area contributed by atoms with Gasteiger partial charge in [-0.25, -0.2) is 4.79 Å². The van der Waals surface area contributed by atoms with Gasteiger partial charge in [0.1, 0.15) is 12.3 Å². The van der Waals surface area contributed by atoms with Crippen LogP contribution in [0.3, 0.4) is 0 Å². The zero-order valence-electron chi connectivity index (χ0n) is 14.1. The summed E-state index contributed by atoms with van der Waals surface area (Å²) in [4.78, 5) is 28.3. The predicted octanol–water partition coefficient (Wildman–Crippen LogP) is 2.72. The topological polar surface area (TPSA) is 66.8 Å². The van der Waals surface area contributed by atoms with Gasteiger partial charge in [0.2, 0.25) is 5.91 Å². The number of carbonyl (C=O) groups is 2. The van der Waals surface area contributed by atoms with Crippen molar-refractivity contribution in [3.8, 4) is 0 Å². The summed E-state index contributed by atoms with van der Waals surface area (Å²) in [5, 5.41) is 10.1. The van der Waals surface area contributed by atoms with E-state index in [0.717, 1.165) is 9.80 Å². The first-order valence-electron chi connectivity index (χ1n) is 8.33. The molecule has 0 unspecified atom stereocenters. The number of amides is 1. The van der Waals surface area contributed by atoms with Gasteiger partial charge in [-0.3, -0.25) is 4.79 Å². The third kappa shape index (κ3) is 3.24. The number of carbonyl (C=O) groups excluding carboxylic acids is 2. The molecule has 5 nitrogen and oxygen atoms in total. The molecule has 0 saturated carbocycles. The van der Waals surface area contributed by atoms with Crippen LogP contribution >= 0.6 is 11.8 Å². The van der Waals surface area contributed by atoms with Gasteiger partial charge in [-0.2, -0.15) is 0 Å². The fourth-order valence-electron chi connectivity index (χ4n) is 3.29. The molecule has 0 radical (unpaired) electrons. The van der Waals surface area contributed by atoms with Crippen LogP contribution in [0, 0.1) is 5.92 Å². The van der Waals surface area contributed by atoms with Crippen molar-refractivity contribution < 1.29 is 19.4 Å². The van der Waals surface area contributed by atoms with Crippen molar-refractivity contribution in [1.82, 2.24) is 4.90 Å². The van der Waals surface area contributed by atoms with Crippen molar-refractivity contribution >= 4 is 23.6 Å². The highest BCUT2D eigenvalue weighted by atomic mass is 32.2. The Morgan fingerprint density at radius 1 is 1.48 bits per heavy atom. The van der Waals surface area contributed by atoms with Crippen molar-refractivity contribution in [2.75, 3.05) is 6.61 Å². The first-order chi connectivity index (χ1) is 12.1. The maximum atomic E-state index is 12.5. The van der Waals surface area contributed by atoms with Crippen LogP contribution in [-0.4, -0.2) is 40.6 Å². The molecule has 6 heteroatoms. The Hall–Kier alpha value is -2.05. The summed E-state index contributed by atoms with van der Waals surface area (Å²) in [6, 6.07) is 9.53. The lowest BCUT2D eigenvalue weighted by Gasteiger charge is -2.45. The van der Waals surface area contributed by atoms with Crippen LogP contribution in [0.5, 0.6) is 0 Å². The van der Waals surface area contributed by atoms with Crippen molar-refractivity contribution in [2.24, 2.45) is 5.92 Å². The van der Waals surface area contributed by atoms with Gasteiger partial charge < -0.3 is 14.7 Å². The summed E-state index contributed by atoms with van der Waals surface area (Å²) in [7, 11) is 0. The normalized spacial score (nSPS) is 23.1. The SMILES string of the molecule is C=CCOC(=O)C1=C(Sc2ccccc2)C[C@@H]2[C@H]([C@@H](O)CC)C(=O)N12. The monoisotopic (exact) mass is 359 g/mol. The maximum absolute atomic E-state index is 12.5. The molecule has 132 valence electrons.